The third kappa shape index (κ3) is 4.24. The van der Waals surface area contributed by atoms with Crippen LogP contribution in [0.15, 0.2) is 5.16 Å². The Morgan fingerprint density at radius 2 is 2.00 bits per heavy atom. The summed E-state index contributed by atoms with van der Waals surface area (Å²) in [5, 5.41) is 11.7. The molecule has 2 atom stereocenters. The van der Waals surface area contributed by atoms with E-state index in [1.165, 1.54) is 0 Å². The van der Waals surface area contributed by atoms with Crippen LogP contribution in [0.3, 0.4) is 0 Å². The van der Waals surface area contributed by atoms with Crippen molar-refractivity contribution in [2.24, 2.45) is 16.8 Å². The molecule has 0 spiro atoms. The van der Waals surface area contributed by atoms with Gasteiger partial charge in [-0.1, -0.05) is 25.4 Å². The number of nitrogens with two attached hydrogens (primary N) is 1. The van der Waals surface area contributed by atoms with Crippen molar-refractivity contribution in [3.8, 4) is 0 Å². The Labute approximate surface area is 104 Å². The van der Waals surface area contributed by atoms with E-state index in [1.807, 2.05) is 27.7 Å². The topological polar surface area (TPSA) is 78.9 Å². The van der Waals surface area contributed by atoms with Crippen LogP contribution >= 0.6 is 0 Å². The Morgan fingerprint density at radius 1 is 1.41 bits per heavy atom. The molecule has 5 heteroatoms. The minimum atomic E-state index is -0.501. The van der Waals surface area contributed by atoms with Gasteiger partial charge >= 0.3 is 0 Å². The summed E-state index contributed by atoms with van der Waals surface area (Å²) in [5.41, 5.74) is 5.59. The number of carbonyl (C=O) groups is 1. The molecule has 0 aliphatic carbocycles. The van der Waals surface area contributed by atoms with E-state index >= 15 is 0 Å². The van der Waals surface area contributed by atoms with E-state index in [0.29, 0.717) is 13.0 Å². The highest BCUT2D eigenvalue weighted by molar-refractivity contribution is 6.02. The van der Waals surface area contributed by atoms with E-state index in [9.17, 15) is 4.79 Å². The normalized spacial score (nSPS) is 15.4. The van der Waals surface area contributed by atoms with E-state index < -0.39 is 5.92 Å². The highest BCUT2D eigenvalue weighted by atomic mass is 16.4. The molecule has 0 saturated heterocycles. The van der Waals surface area contributed by atoms with Gasteiger partial charge in [0.1, 0.15) is 0 Å². The summed E-state index contributed by atoms with van der Waals surface area (Å²) >= 11 is 0. The van der Waals surface area contributed by atoms with Crippen molar-refractivity contribution >= 4 is 11.7 Å². The SMILES string of the molecule is CCCC(C(=O)N(CC)C(C)CC)C(N)=NO. The molecule has 17 heavy (non-hydrogen) atoms. The second kappa shape index (κ2) is 7.92. The van der Waals surface area contributed by atoms with Crippen LogP contribution in [-0.4, -0.2) is 34.4 Å². The maximum Gasteiger partial charge on any atom is 0.233 e. The molecule has 0 bridgehead atoms. The summed E-state index contributed by atoms with van der Waals surface area (Å²) in [6, 6.07) is 0.179. The van der Waals surface area contributed by atoms with Crippen molar-refractivity contribution in [1.82, 2.24) is 4.90 Å². The fourth-order valence-electron chi connectivity index (χ4n) is 1.86. The quantitative estimate of drug-likeness (QED) is 0.310. The molecule has 3 N–H and O–H groups in total. The number of hydrogen-bond acceptors (Lipinski definition) is 3. The molecule has 2 unspecified atom stereocenters. The lowest BCUT2D eigenvalue weighted by Gasteiger charge is -2.30. The van der Waals surface area contributed by atoms with E-state index in [4.69, 9.17) is 10.9 Å². The van der Waals surface area contributed by atoms with Crippen molar-refractivity contribution in [3.05, 3.63) is 0 Å². The first-order valence-corrected chi connectivity index (χ1v) is 6.31. The largest absolute Gasteiger partial charge is 0.409 e. The molecule has 0 rings (SSSR count). The number of amidine groups is 1. The van der Waals surface area contributed by atoms with Gasteiger partial charge in [0.15, 0.2) is 5.84 Å². The second-order valence-electron chi connectivity index (χ2n) is 4.25. The number of carbonyl (C=O) groups excluding carboxylic acids is 1. The Kier molecular flexibility index (Phi) is 7.34. The highest BCUT2D eigenvalue weighted by Crippen LogP contribution is 2.14. The van der Waals surface area contributed by atoms with Gasteiger partial charge in [-0.25, -0.2) is 0 Å². The number of oxime groups is 1. The van der Waals surface area contributed by atoms with Gasteiger partial charge in [0.05, 0.1) is 5.92 Å². The molecule has 0 aromatic heterocycles. The van der Waals surface area contributed by atoms with E-state index in [1.54, 1.807) is 4.90 Å². The second-order valence-corrected chi connectivity index (χ2v) is 4.25. The average Bonchev–Trinajstić information content (AvgIpc) is 2.35. The van der Waals surface area contributed by atoms with Gasteiger partial charge in [-0.2, -0.15) is 0 Å². The number of nitrogens with zero attached hydrogens (tertiary/aromatic N) is 2. The Balaban J connectivity index is 4.91. The zero-order valence-electron chi connectivity index (χ0n) is 11.3. The fourth-order valence-corrected chi connectivity index (χ4v) is 1.86. The van der Waals surface area contributed by atoms with Crippen molar-refractivity contribution in [2.45, 2.75) is 53.0 Å². The Morgan fingerprint density at radius 3 is 2.35 bits per heavy atom. The fraction of sp³-hybridized carbons (Fsp3) is 0.833. The summed E-state index contributed by atoms with van der Waals surface area (Å²) in [6.45, 7) is 8.62. The summed E-state index contributed by atoms with van der Waals surface area (Å²) in [6.07, 6.45) is 2.33. The molecule has 0 aliphatic heterocycles. The van der Waals surface area contributed by atoms with Crippen molar-refractivity contribution in [3.63, 3.8) is 0 Å². The van der Waals surface area contributed by atoms with Gasteiger partial charge in [-0.05, 0) is 26.7 Å². The van der Waals surface area contributed by atoms with Crippen LogP contribution in [0, 0.1) is 5.92 Å². The average molecular weight is 243 g/mol. The van der Waals surface area contributed by atoms with Gasteiger partial charge in [0.2, 0.25) is 5.91 Å². The van der Waals surface area contributed by atoms with Crippen molar-refractivity contribution < 1.29 is 10.0 Å². The molecule has 0 radical (unpaired) electrons. The first-order valence-electron chi connectivity index (χ1n) is 6.31. The zero-order chi connectivity index (χ0) is 13.4. The summed E-state index contributed by atoms with van der Waals surface area (Å²) in [4.78, 5) is 14.1. The minimum Gasteiger partial charge on any atom is -0.409 e. The molecule has 0 aromatic carbocycles. The van der Waals surface area contributed by atoms with Gasteiger partial charge in [-0.3, -0.25) is 4.79 Å². The number of rotatable bonds is 7. The lowest BCUT2D eigenvalue weighted by atomic mass is 9.99. The van der Waals surface area contributed by atoms with E-state index in [-0.39, 0.29) is 17.8 Å². The van der Waals surface area contributed by atoms with Gasteiger partial charge in [0, 0.05) is 12.6 Å². The summed E-state index contributed by atoms with van der Waals surface area (Å²) in [5.74, 6) is -0.531. The van der Waals surface area contributed by atoms with E-state index in [0.717, 1.165) is 12.8 Å². The molecular weight excluding hydrogens is 218 g/mol. The lowest BCUT2D eigenvalue weighted by molar-refractivity contribution is -0.135. The van der Waals surface area contributed by atoms with Crippen LogP contribution in [0.5, 0.6) is 0 Å². The Bertz CT molecular complexity index is 266. The third-order valence-corrected chi connectivity index (χ3v) is 3.09. The highest BCUT2D eigenvalue weighted by Gasteiger charge is 2.28. The van der Waals surface area contributed by atoms with Gasteiger partial charge < -0.3 is 15.8 Å². The predicted molar refractivity (Wildman–Crippen MR) is 68.9 cm³/mol. The number of hydrogen-bond donors (Lipinski definition) is 2. The summed E-state index contributed by atoms with van der Waals surface area (Å²) in [7, 11) is 0. The first-order chi connectivity index (χ1) is 8.03. The lowest BCUT2D eigenvalue weighted by Crippen LogP contribution is -2.45. The van der Waals surface area contributed by atoms with Crippen LogP contribution < -0.4 is 5.73 Å². The maximum absolute atomic E-state index is 12.3. The number of amides is 1. The van der Waals surface area contributed by atoms with Gasteiger partial charge in [-0.15, -0.1) is 0 Å². The minimum absolute atomic E-state index is 0.0126. The van der Waals surface area contributed by atoms with Crippen molar-refractivity contribution in [2.75, 3.05) is 6.54 Å². The maximum atomic E-state index is 12.3. The van der Waals surface area contributed by atoms with Crippen LogP contribution in [0.1, 0.15) is 47.0 Å². The molecule has 0 heterocycles. The van der Waals surface area contributed by atoms with E-state index in [2.05, 4.69) is 5.16 Å². The third-order valence-electron chi connectivity index (χ3n) is 3.09. The first kappa shape index (κ1) is 15.7. The van der Waals surface area contributed by atoms with Crippen LogP contribution in [-0.2, 0) is 4.79 Å². The standard InChI is InChI=1S/C12H25N3O2/c1-5-8-10(11(13)14-17)12(16)15(7-3)9(4)6-2/h9-10,17H,5-8H2,1-4H3,(H2,13,14). The monoisotopic (exact) mass is 243 g/mol. The van der Waals surface area contributed by atoms with Crippen LogP contribution in [0.2, 0.25) is 0 Å². The zero-order valence-corrected chi connectivity index (χ0v) is 11.3. The molecule has 0 fully saturated rings. The molecule has 1 amide bonds. The molecule has 5 nitrogen and oxygen atoms in total. The van der Waals surface area contributed by atoms with Gasteiger partial charge in [0.25, 0.3) is 0 Å². The molecule has 0 aliphatic rings. The molecule has 100 valence electrons. The Hall–Kier alpha value is -1.26. The molecular formula is C12H25N3O2. The van der Waals surface area contributed by atoms with Crippen molar-refractivity contribution in [1.29, 1.82) is 0 Å². The molecule has 0 saturated carbocycles. The summed E-state index contributed by atoms with van der Waals surface area (Å²) < 4.78 is 0. The smallest absolute Gasteiger partial charge is 0.233 e. The van der Waals surface area contributed by atoms with Crippen LogP contribution in [0.4, 0.5) is 0 Å². The predicted octanol–water partition coefficient (Wildman–Crippen LogP) is 1.80. The molecule has 0 aromatic rings. The van der Waals surface area contributed by atoms with Crippen LogP contribution in [0.25, 0.3) is 0 Å².